The van der Waals surface area contributed by atoms with Gasteiger partial charge < -0.3 is 5.11 Å². The molecule has 0 amide bonds. The SMILES string of the molecule is C#CCCCCNS(=O)(=O)c1cc(C(=O)O)cc(Br)c1C. The maximum atomic E-state index is 12.2. The standard InChI is InChI=1S/C14H16BrNO4S/c1-3-4-5-6-7-16-21(19,20)13-9-11(14(17)18)8-12(15)10(13)2/h1,8-9,16H,4-7H2,2H3,(H,17,18). The molecule has 1 aromatic carbocycles. The second-order valence-corrected chi connectivity index (χ2v) is 7.04. The summed E-state index contributed by atoms with van der Waals surface area (Å²) >= 11 is 3.18. The zero-order valence-corrected chi connectivity index (χ0v) is 13.9. The Morgan fingerprint density at radius 2 is 2.10 bits per heavy atom. The molecule has 0 bridgehead atoms. The Morgan fingerprint density at radius 3 is 2.67 bits per heavy atom. The maximum absolute atomic E-state index is 12.2. The number of carboxylic acid groups (broad SMARTS) is 1. The summed E-state index contributed by atoms with van der Waals surface area (Å²) in [6.45, 7) is 1.88. The van der Waals surface area contributed by atoms with Gasteiger partial charge in [0, 0.05) is 17.4 Å². The van der Waals surface area contributed by atoms with Crippen molar-refractivity contribution in [1.29, 1.82) is 0 Å². The molecule has 0 atom stereocenters. The summed E-state index contributed by atoms with van der Waals surface area (Å²) in [7, 11) is -3.75. The highest BCUT2D eigenvalue weighted by Crippen LogP contribution is 2.25. The van der Waals surface area contributed by atoms with E-state index in [1.807, 2.05) is 0 Å². The lowest BCUT2D eigenvalue weighted by molar-refractivity contribution is 0.0696. The highest BCUT2D eigenvalue weighted by molar-refractivity contribution is 9.10. The molecule has 0 fully saturated rings. The number of hydrogen-bond donors (Lipinski definition) is 2. The fourth-order valence-corrected chi connectivity index (χ4v) is 3.65. The first-order chi connectivity index (χ1) is 9.79. The Bertz CT molecular complexity index is 677. The molecular formula is C14H16BrNO4S. The predicted octanol–water partition coefficient (Wildman–Crippen LogP) is 2.54. The summed E-state index contributed by atoms with van der Waals surface area (Å²) in [5, 5.41) is 9.01. The van der Waals surface area contributed by atoms with Crippen LogP contribution in [0.5, 0.6) is 0 Å². The number of unbranched alkanes of at least 4 members (excludes halogenated alkanes) is 2. The number of aromatic carboxylic acids is 1. The number of carboxylic acids is 1. The van der Waals surface area contributed by atoms with Crippen molar-refractivity contribution < 1.29 is 18.3 Å². The monoisotopic (exact) mass is 373 g/mol. The Morgan fingerprint density at radius 1 is 1.43 bits per heavy atom. The molecule has 2 N–H and O–H groups in total. The second-order valence-electron chi connectivity index (χ2n) is 4.45. The fourth-order valence-electron chi connectivity index (χ4n) is 1.69. The van der Waals surface area contributed by atoms with Crippen LogP contribution in [-0.2, 0) is 10.0 Å². The first-order valence-electron chi connectivity index (χ1n) is 6.26. The Kier molecular flexibility index (Phi) is 6.40. The van der Waals surface area contributed by atoms with Crippen LogP contribution in [0.3, 0.4) is 0 Å². The van der Waals surface area contributed by atoms with Crippen molar-refractivity contribution in [3.63, 3.8) is 0 Å². The van der Waals surface area contributed by atoms with Crippen molar-refractivity contribution in [3.05, 3.63) is 27.7 Å². The number of terminal acetylenes is 1. The van der Waals surface area contributed by atoms with Crippen LogP contribution in [0.25, 0.3) is 0 Å². The number of carbonyl (C=O) groups is 1. The number of nitrogens with one attached hydrogen (secondary N) is 1. The zero-order chi connectivity index (χ0) is 16.0. The highest BCUT2D eigenvalue weighted by Gasteiger charge is 2.20. The number of benzene rings is 1. The quantitative estimate of drug-likeness (QED) is 0.568. The molecule has 114 valence electrons. The number of rotatable bonds is 7. The van der Waals surface area contributed by atoms with Crippen molar-refractivity contribution in [2.75, 3.05) is 6.54 Å². The average Bonchev–Trinajstić information content (AvgIpc) is 2.40. The topological polar surface area (TPSA) is 83.5 Å². The van der Waals surface area contributed by atoms with Gasteiger partial charge in [0.2, 0.25) is 10.0 Å². The third kappa shape index (κ3) is 4.84. The van der Waals surface area contributed by atoms with E-state index < -0.39 is 16.0 Å². The molecule has 0 aromatic heterocycles. The molecule has 7 heteroatoms. The van der Waals surface area contributed by atoms with Crippen LogP contribution in [0, 0.1) is 19.3 Å². The van der Waals surface area contributed by atoms with Gasteiger partial charge in [-0.3, -0.25) is 0 Å². The minimum Gasteiger partial charge on any atom is -0.478 e. The first-order valence-corrected chi connectivity index (χ1v) is 8.53. The van der Waals surface area contributed by atoms with Gasteiger partial charge in [-0.05, 0) is 37.5 Å². The molecule has 0 radical (unpaired) electrons. The van der Waals surface area contributed by atoms with E-state index in [-0.39, 0.29) is 17.0 Å². The first kappa shape index (κ1) is 17.7. The summed E-state index contributed by atoms with van der Waals surface area (Å²) in [6.07, 6.45) is 7.08. The lowest BCUT2D eigenvalue weighted by atomic mass is 10.1. The summed E-state index contributed by atoms with van der Waals surface area (Å²) in [5.74, 6) is 1.31. The molecule has 0 unspecified atom stereocenters. The van der Waals surface area contributed by atoms with E-state index in [9.17, 15) is 13.2 Å². The molecule has 0 aliphatic carbocycles. The minimum atomic E-state index is -3.75. The number of hydrogen-bond acceptors (Lipinski definition) is 3. The summed E-state index contributed by atoms with van der Waals surface area (Å²) in [5.41, 5.74) is 0.385. The van der Waals surface area contributed by atoms with E-state index in [2.05, 4.69) is 26.6 Å². The smallest absolute Gasteiger partial charge is 0.335 e. The van der Waals surface area contributed by atoms with E-state index in [0.717, 1.165) is 12.5 Å². The van der Waals surface area contributed by atoms with Crippen molar-refractivity contribution in [1.82, 2.24) is 4.72 Å². The van der Waals surface area contributed by atoms with Crippen LogP contribution >= 0.6 is 15.9 Å². The average molecular weight is 374 g/mol. The molecule has 0 saturated heterocycles. The van der Waals surface area contributed by atoms with Gasteiger partial charge in [-0.25, -0.2) is 17.9 Å². The molecule has 5 nitrogen and oxygen atoms in total. The molecule has 1 rings (SSSR count). The third-order valence-corrected chi connectivity index (χ3v) is 5.28. The fraction of sp³-hybridized carbons (Fsp3) is 0.357. The maximum Gasteiger partial charge on any atom is 0.335 e. The molecule has 1 aromatic rings. The second kappa shape index (κ2) is 7.59. The molecule has 0 aliphatic rings. The molecule has 0 spiro atoms. The van der Waals surface area contributed by atoms with Crippen LogP contribution in [0.2, 0.25) is 0 Å². The van der Waals surface area contributed by atoms with Gasteiger partial charge in [0.25, 0.3) is 0 Å². The molecule has 21 heavy (non-hydrogen) atoms. The third-order valence-electron chi connectivity index (χ3n) is 2.87. The van der Waals surface area contributed by atoms with E-state index in [1.165, 1.54) is 6.07 Å². The van der Waals surface area contributed by atoms with Crippen molar-refractivity contribution in [2.24, 2.45) is 0 Å². The van der Waals surface area contributed by atoms with Gasteiger partial charge >= 0.3 is 5.97 Å². The summed E-state index contributed by atoms with van der Waals surface area (Å²) < 4.78 is 27.4. The lowest BCUT2D eigenvalue weighted by Crippen LogP contribution is -2.26. The number of halogens is 1. The molecular weight excluding hydrogens is 358 g/mol. The van der Waals surface area contributed by atoms with Gasteiger partial charge in [-0.1, -0.05) is 15.9 Å². The van der Waals surface area contributed by atoms with Crippen LogP contribution in [-0.4, -0.2) is 26.0 Å². The Hall–Kier alpha value is -1.36. The van der Waals surface area contributed by atoms with E-state index in [0.29, 0.717) is 22.9 Å². The molecule has 0 heterocycles. The summed E-state index contributed by atoms with van der Waals surface area (Å²) in [4.78, 5) is 11.0. The van der Waals surface area contributed by atoms with Gasteiger partial charge in [0.05, 0.1) is 10.5 Å². The Labute approximate surface area is 132 Å². The van der Waals surface area contributed by atoms with Crippen LogP contribution in [0.1, 0.15) is 35.2 Å². The predicted molar refractivity (Wildman–Crippen MR) is 83.7 cm³/mol. The number of sulfonamides is 1. The van der Waals surface area contributed by atoms with Crippen LogP contribution in [0.4, 0.5) is 0 Å². The molecule has 0 aliphatic heterocycles. The normalized spacial score (nSPS) is 11.1. The van der Waals surface area contributed by atoms with Crippen molar-refractivity contribution in [3.8, 4) is 12.3 Å². The van der Waals surface area contributed by atoms with Crippen LogP contribution < -0.4 is 4.72 Å². The minimum absolute atomic E-state index is 0.0359. The largest absolute Gasteiger partial charge is 0.478 e. The van der Waals surface area contributed by atoms with Crippen molar-refractivity contribution >= 4 is 31.9 Å². The van der Waals surface area contributed by atoms with Gasteiger partial charge in [-0.15, -0.1) is 12.3 Å². The van der Waals surface area contributed by atoms with Gasteiger partial charge in [0.15, 0.2) is 0 Å². The van der Waals surface area contributed by atoms with E-state index in [4.69, 9.17) is 11.5 Å². The van der Waals surface area contributed by atoms with Gasteiger partial charge in [-0.2, -0.15) is 0 Å². The van der Waals surface area contributed by atoms with Crippen LogP contribution in [0.15, 0.2) is 21.5 Å². The molecule has 0 saturated carbocycles. The summed E-state index contributed by atoms with van der Waals surface area (Å²) in [6, 6.07) is 2.54. The van der Waals surface area contributed by atoms with Crippen molar-refractivity contribution in [2.45, 2.75) is 31.1 Å². The van der Waals surface area contributed by atoms with Gasteiger partial charge in [0.1, 0.15) is 0 Å². The zero-order valence-electron chi connectivity index (χ0n) is 11.5. The van der Waals surface area contributed by atoms with E-state index >= 15 is 0 Å². The lowest BCUT2D eigenvalue weighted by Gasteiger charge is -2.11. The van der Waals surface area contributed by atoms with E-state index in [1.54, 1.807) is 6.92 Å². The highest BCUT2D eigenvalue weighted by atomic mass is 79.9. The Balaban J connectivity index is 2.97.